The summed E-state index contributed by atoms with van der Waals surface area (Å²) in [6.07, 6.45) is 0. The summed E-state index contributed by atoms with van der Waals surface area (Å²) < 4.78 is 10.7. The zero-order valence-corrected chi connectivity index (χ0v) is 13.4. The third-order valence-electron chi connectivity index (χ3n) is 3.57. The molecule has 0 unspecified atom stereocenters. The molecule has 3 rings (SSSR count). The number of hydrogen-bond acceptors (Lipinski definition) is 5. The van der Waals surface area contributed by atoms with Gasteiger partial charge in [-0.15, -0.1) is 0 Å². The standard InChI is InChI=1S/C17H12ClNO5/c1-10-6-17(20)24-15-8-16(14(19(21)22)7-12(10)15)23-9-11-4-2-3-5-13(11)18/h2-8H,9H2,1H3. The van der Waals surface area contributed by atoms with Gasteiger partial charge in [-0.2, -0.15) is 0 Å². The van der Waals surface area contributed by atoms with E-state index in [2.05, 4.69) is 0 Å². The Morgan fingerprint density at radius 3 is 2.71 bits per heavy atom. The van der Waals surface area contributed by atoms with Gasteiger partial charge < -0.3 is 9.15 Å². The number of nitro benzene ring substituents is 1. The van der Waals surface area contributed by atoms with Crippen LogP contribution < -0.4 is 10.4 Å². The van der Waals surface area contributed by atoms with E-state index in [4.69, 9.17) is 20.8 Å². The Kier molecular flexibility index (Phi) is 4.22. The van der Waals surface area contributed by atoms with Crippen molar-refractivity contribution in [2.45, 2.75) is 13.5 Å². The molecule has 0 aliphatic rings. The van der Waals surface area contributed by atoms with Crippen LogP contribution in [-0.4, -0.2) is 4.92 Å². The van der Waals surface area contributed by atoms with Gasteiger partial charge in [-0.05, 0) is 18.6 Å². The van der Waals surface area contributed by atoms with E-state index in [0.29, 0.717) is 21.5 Å². The number of benzene rings is 2. The zero-order valence-electron chi connectivity index (χ0n) is 12.6. The van der Waals surface area contributed by atoms with Crippen LogP contribution in [0.2, 0.25) is 5.02 Å². The van der Waals surface area contributed by atoms with Crippen molar-refractivity contribution in [3.05, 3.63) is 79.1 Å². The van der Waals surface area contributed by atoms with Crippen LogP contribution in [0, 0.1) is 17.0 Å². The summed E-state index contributed by atoms with van der Waals surface area (Å²) in [5.74, 6) is 0.0150. The SMILES string of the molecule is Cc1cc(=O)oc2cc(OCc3ccccc3Cl)c([N+](=O)[O-])cc12. The third-order valence-corrected chi connectivity index (χ3v) is 3.94. The van der Waals surface area contributed by atoms with Crippen molar-refractivity contribution in [1.29, 1.82) is 0 Å². The predicted octanol–water partition coefficient (Wildman–Crippen LogP) is 4.24. The maximum Gasteiger partial charge on any atom is 0.336 e. The van der Waals surface area contributed by atoms with Gasteiger partial charge in [-0.25, -0.2) is 4.79 Å². The van der Waals surface area contributed by atoms with Gasteiger partial charge in [-0.3, -0.25) is 10.1 Å². The van der Waals surface area contributed by atoms with E-state index in [-0.39, 0.29) is 23.6 Å². The summed E-state index contributed by atoms with van der Waals surface area (Å²) in [6.45, 7) is 1.75. The van der Waals surface area contributed by atoms with E-state index in [9.17, 15) is 14.9 Å². The Morgan fingerprint density at radius 1 is 1.25 bits per heavy atom. The van der Waals surface area contributed by atoms with E-state index in [1.165, 1.54) is 18.2 Å². The first-order valence-corrected chi connectivity index (χ1v) is 7.42. The average molecular weight is 346 g/mol. The lowest BCUT2D eigenvalue weighted by Crippen LogP contribution is -2.02. The Labute approximate surface area is 141 Å². The lowest BCUT2D eigenvalue weighted by molar-refractivity contribution is -0.385. The van der Waals surface area contributed by atoms with Crippen LogP contribution in [0.25, 0.3) is 11.0 Å². The Hall–Kier alpha value is -2.86. The summed E-state index contributed by atoms with van der Waals surface area (Å²) in [4.78, 5) is 22.3. The minimum Gasteiger partial charge on any atom is -0.482 e. The van der Waals surface area contributed by atoms with Gasteiger partial charge in [0, 0.05) is 34.2 Å². The number of ether oxygens (including phenoxy) is 1. The Morgan fingerprint density at radius 2 is 2.00 bits per heavy atom. The fourth-order valence-electron chi connectivity index (χ4n) is 2.36. The minimum absolute atomic E-state index is 0.0150. The second-order valence-electron chi connectivity index (χ2n) is 5.20. The molecular formula is C17H12ClNO5. The van der Waals surface area contributed by atoms with Crippen LogP contribution in [0.4, 0.5) is 5.69 Å². The molecular weight excluding hydrogens is 334 g/mol. The fraction of sp³-hybridized carbons (Fsp3) is 0.118. The number of aryl methyl sites for hydroxylation is 1. The number of halogens is 1. The van der Waals surface area contributed by atoms with Crippen molar-refractivity contribution in [1.82, 2.24) is 0 Å². The number of nitro groups is 1. The molecule has 7 heteroatoms. The lowest BCUT2D eigenvalue weighted by atomic mass is 10.1. The molecule has 0 spiro atoms. The molecule has 122 valence electrons. The molecule has 0 aliphatic carbocycles. The molecule has 1 aromatic heterocycles. The highest BCUT2D eigenvalue weighted by atomic mass is 35.5. The molecule has 0 amide bonds. The van der Waals surface area contributed by atoms with Crippen molar-refractivity contribution in [3.63, 3.8) is 0 Å². The first-order valence-electron chi connectivity index (χ1n) is 7.05. The molecule has 0 saturated carbocycles. The average Bonchev–Trinajstić information content (AvgIpc) is 2.53. The normalized spacial score (nSPS) is 10.8. The fourth-order valence-corrected chi connectivity index (χ4v) is 2.55. The molecule has 0 radical (unpaired) electrons. The van der Waals surface area contributed by atoms with Crippen molar-refractivity contribution < 1.29 is 14.1 Å². The molecule has 24 heavy (non-hydrogen) atoms. The Bertz CT molecular complexity index is 996. The summed E-state index contributed by atoms with van der Waals surface area (Å²) in [5.41, 5.74) is 0.804. The van der Waals surface area contributed by atoms with Crippen LogP contribution in [-0.2, 0) is 6.61 Å². The quantitative estimate of drug-likeness (QED) is 0.401. The molecule has 2 aromatic carbocycles. The van der Waals surface area contributed by atoms with E-state index < -0.39 is 10.5 Å². The topological polar surface area (TPSA) is 82.6 Å². The molecule has 0 bridgehead atoms. The number of rotatable bonds is 4. The van der Waals surface area contributed by atoms with Gasteiger partial charge in [0.1, 0.15) is 12.2 Å². The van der Waals surface area contributed by atoms with Gasteiger partial charge in [0.25, 0.3) is 0 Å². The molecule has 0 saturated heterocycles. The van der Waals surface area contributed by atoms with Gasteiger partial charge in [0.2, 0.25) is 5.75 Å². The molecule has 1 heterocycles. The highest BCUT2D eigenvalue weighted by Gasteiger charge is 2.19. The maximum absolute atomic E-state index is 11.5. The summed E-state index contributed by atoms with van der Waals surface area (Å²) in [6, 6.07) is 11.0. The van der Waals surface area contributed by atoms with Crippen LogP contribution in [0.1, 0.15) is 11.1 Å². The third kappa shape index (κ3) is 3.09. The summed E-state index contributed by atoms with van der Waals surface area (Å²) in [5, 5.41) is 12.3. The van der Waals surface area contributed by atoms with Crippen molar-refractivity contribution in [2.24, 2.45) is 0 Å². The molecule has 0 aliphatic heterocycles. The number of nitrogens with zero attached hydrogens (tertiary/aromatic N) is 1. The molecule has 3 aromatic rings. The van der Waals surface area contributed by atoms with E-state index in [0.717, 1.165) is 0 Å². The van der Waals surface area contributed by atoms with Gasteiger partial charge in [-0.1, -0.05) is 29.8 Å². The van der Waals surface area contributed by atoms with Crippen molar-refractivity contribution in [3.8, 4) is 5.75 Å². The van der Waals surface area contributed by atoms with E-state index in [1.807, 2.05) is 0 Å². The van der Waals surface area contributed by atoms with Crippen molar-refractivity contribution in [2.75, 3.05) is 0 Å². The van der Waals surface area contributed by atoms with E-state index in [1.54, 1.807) is 31.2 Å². The van der Waals surface area contributed by atoms with Crippen LogP contribution >= 0.6 is 11.6 Å². The van der Waals surface area contributed by atoms with Gasteiger partial charge in [0.15, 0.2) is 0 Å². The maximum atomic E-state index is 11.5. The van der Waals surface area contributed by atoms with Crippen molar-refractivity contribution >= 4 is 28.3 Å². The second-order valence-corrected chi connectivity index (χ2v) is 5.61. The van der Waals surface area contributed by atoms with Crippen LogP contribution in [0.3, 0.4) is 0 Å². The summed E-state index contributed by atoms with van der Waals surface area (Å²) >= 11 is 6.06. The molecule has 6 nitrogen and oxygen atoms in total. The van der Waals surface area contributed by atoms with E-state index >= 15 is 0 Å². The second kappa shape index (κ2) is 6.33. The van der Waals surface area contributed by atoms with Crippen LogP contribution in [0.15, 0.2) is 51.7 Å². The van der Waals surface area contributed by atoms with Gasteiger partial charge in [0.05, 0.1) is 4.92 Å². The number of hydrogen-bond donors (Lipinski definition) is 0. The Balaban J connectivity index is 2.05. The predicted molar refractivity (Wildman–Crippen MR) is 89.7 cm³/mol. The lowest BCUT2D eigenvalue weighted by Gasteiger charge is -2.09. The minimum atomic E-state index is -0.536. The highest BCUT2D eigenvalue weighted by molar-refractivity contribution is 6.31. The molecule has 0 N–H and O–H groups in total. The molecule has 0 atom stereocenters. The van der Waals surface area contributed by atoms with Gasteiger partial charge >= 0.3 is 11.3 Å². The first kappa shape index (κ1) is 16.0. The summed E-state index contributed by atoms with van der Waals surface area (Å²) in [7, 11) is 0. The zero-order chi connectivity index (χ0) is 17.3. The first-order chi connectivity index (χ1) is 11.5. The largest absolute Gasteiger partial charge is 0.482 e. The van der Waals surface area contributed by atoms with Crippen LogP contribution in [0.5, 0.6) is 5.75 Å². The molecule has 0 fully saturated rings. The highest BCUT2D eigenvalue weighted by Crippen LogP contribution is 2.33. The monoisotopic (exact) mass is 345 g/mol. The number of fused-ring (bicyclic) bond motifs is 1. The smallest absolute Gasteiger partial charge is 0.336 e.